The highest BCUT2D eigenvalue weighted by Crippen LogP contribution is 2.17. The van der Waals surface area contributed by atoms with E-state index in [1.165, 1.54) is 6.07 Å². The molecule has 0 unspecified atom stereocenters. The van der Waals surface area contributed by atoms with Crippen molar-refractivity contribution in [3.05, 3.63) is 46.7 Å². The van der Waals surface area contributed by atoms with E-state index in [0.29, 0.717) is 12.1 Å². The Balaban J connectivity index is 1.99. The van der Waals surface area contributed by atoms with Gasteiger partial charge in [0, 0.05) is 17.5 Å². The Hall–Kier alpha value is -1.42. The number of nitrogens with zero attached hydrogens (tertiary/aromatic N) is 1. The SMILES string of the molecule is CCc1csc(NCc2ccccc2F)n1. The van der Waals surface area contributed by atoms with Crippen LogP contribution in [0.3, 0.4) is 0 Å². The number of aryl methyl sites for hydroxylation is 1. The maximum absolute atomic E-state index is 13.3. The van der Waals surface area contributed by atoms with E-state index < -0.39 is 0 Å². The molecule has 0 fully saturated rings. The Labute approximate surface area is 98.2 Å². The number of hydrogen-bond acceptors (Lipinski definition) is 3. The van der Waals surface area contributed by atoms with Crippen molar-refractivity contribution in [1.29, 1.82) is 0 Å². The lowest BCUT2D eigenvalue weighted by Crippen LogP contribution is -2.01. The second-order valence-electron chi connectivity index (χ2n) is 3.44. The lowest BCUT2D eigenvalue weighted by atomic mass is 10.2. The van der Waals surface area contributed by atoms with Gasteiger partial charge in [0.25, 0.3) is 0 Å². The molecule has 0 aliphatic heterocycles. The Kier molecular flexibility index (Phi) is 3.51. The molecule has 1 N–H and O–H groups in total. The summed E-state index contributed by atoms with van der Waals surface area (Å²) in [6.45, 7) is 2.54. The third-order valence-corrected chi connectivity index (χ3v) is 3.15. The molecule has 0 radical (unpaired) electrons. The van der Waals surface area contributed by atoms with E-state index in [9.17, 15) is 4.39 Å². The normalized spacial score (nSPS) is 10.4. The zero-order valence-corrected chi connectivity index (χ0v) is 9.85. The number of anilines is 1. The van der Waals surface area contributed by atoms with E-state index in [1.54, 1.807) is 23.5 Å². The number of benzene rings is 1. The van der Waals surface area contributed by atoms with Crippen molar-refractivity contribution in [2.24, 2.45) is 0 Å². The zero-order chi connectivity index (χ0) is 11.4. The molecule has 1 heterocycles. The first-order valence-corrected chi connectivity index (χ1v) is 6.09. The summed E-state index contributed by atoms with van der Waals surface area (Å²) in [5.74, 6) is -0.178. The van der Waals surface area contributed by atoms with E-state index in [2.05, 4.69) is 17.2 Å². The van der Waals surface area contributed by atoms with Crippen LogP contribution < -0.4 is 5.32 Å². The minimum Gasteiger partial charge on any atom is -0.357 e. The van der Waals surface area contributed by atoms with E-state index in [4.69, 9.17) is 0 Å². The van der Waals surface area contributed by atoms with Crippen molar-refractivity contribution < 1.29 is 4.39 Å². The second kappa shape index (κ2) is 5.07. The first-order valence-electron chi connectivity index (χ1n) is 5.21. The molecule has 0 atom stereocenters. The second-order valence-corrected chi connectivity index (χ2v) is 4.30. The maximum atomic E-state index is 13.3. The van der Waals surface area contributed by atoms with Crippen LogP contribution in [0, 0.1) is 5.82 Å². The topological polar surface area (TPSA) is 24.9 Å². The van der Waals surface area contributed by atoms with Crippen LogP contribution in [-0.2, 0) is 13.0 Å². The van der Waals surface area contributed by atoms with Gasteiger partial charge in [-0.25, -0.2) is 9.37 Å². The summed E-state index contributed by atoms with van der Waals surface area (Å²) in [6, 6.07) is 6.77. The van der Waals surface area contributed by atoms with Gasteiger partial charge in [0.2, 0.25) is 0 Å². The first-order chi connectivity index (χ1) is 7.79. The van der Waals surface area contributed by atoms with Crippen LogP contribution in [0.2, 0.25) is 0 Å². The number of halogens is 1. The average molecular weight is 236 g/mol. The van der Waals surface area contributed by atoms with Gasteiger partial charge in [0.1, 0.15) is 5.82 Å². The number of nitrogens with one attached hydrogen (secondary N) is 1. The monoisotopic (exact) mass is 236 g/mol. The molecule has 0 amide bonds. The largest absolute Gasteiger partial charge is 0.357 e. The molecule has 0 spiro atoms. The van der Waals surface area contributed by atoms with E-state index in [1.807, 2.05) is 11.4 Å². The fraction of sp³-hybridized carbons (Fsp3) is 0.250. The molecule has 84 valence electrons. The highest BCUT2D eigenvalue weighted by Gasteiger charge is 2.02. The highest BCUT2D eigenvalue weighted by atomic mass is 32.1. The molecule has 0 bridgehead atoms. The Morgan fingerprint density at radius 2 is 2.19 bits per heavy atom. The van der Waals surface area contributed by atoms with Gasteiger partial charge in [-0.2, -0.15) is 0 Å². The lowest BCUT2D eigenvalue weighted by Gasteiger charge is -2.03. The zero-order valence-electron chi connectivity index (χ0n) is 9.03. The molecule has 2 rings (SSSR count). The van der Waals surface area contributed by atoms with Crippen molar-refractivity contribution in [2.75, 3.05) is 5.32 Å². The maximum Gasteiger partial charge on any atom is 0.183 e. The molecule has 1 aromatic carbocycles. The van der Waals surface area contributed by atoms with Gasteiger partial charge in [0.05, 0.1) is 5.69 Å². The number of thiazole rings is 1. The standard InChI is InChI=1S/C12H13FN2S/c1-2-10-8-16-12(15-10)14-7-9-5-3-4-6-11(9)13/h3-6,8H,2,7H2,1H3,(H,14,15). The lowest BCUT2D eigenvalue weighted by molar-refractivity contribution is 0.613. The fourth-order valence-corrected chi connectivity index (χ4v) is 2.16. The molecule has 0 saturated carbocycles. The van der Waals surface area contributed by atoms with Gasteiger partial charge in [-0.05, 0) is 12.5 Å². The van der Waals surface area contributed by atoms with Crippen LogP contribution >= 0.6 is 11.3 Å². The molecule has 1 aromatic heterocycles. The van der Waals surface area contributed by atoms with Gasteiger partial charge >= 0.3 is 0 Å². The van der Waals surface area contributed by atoms with Gasteiger partial charge in [-0.1, -0.05) is 25.1 Å². The molecule has 4 heteroatoms. The Morgan fingerprint density at radius 3 is 2.88 bits per heavy atom. The molecular formula is C12H13FN2S. The van der Waals surface area contributed by atoms with Gasteiger partial charge in [-0.3, -0.25) is 0 Å². The summed E-state index contributed by atoms with van der Waals surface area (Å²) in [5, 5.41) is 5.99. The number of rotatable bonds is 4. The molecule has 0 saturated heterocycles. The molecule has 0 aliphatic rings. The number of hydrogen-bond donors (Lipinski definition) is 1. The van der Waals surface area contributed by atoms with Crippen molar-refractivity contribution >= 4 is 16.5 Å². The summed E-state index contributed by atoms with van der Waals surface area (Å²) in [7, 11) is 0. The Morgan fingerprint density at radius 1 is 1.38 bits per heavy atom. The molecule has 0 aliphatic carbocycles. The van der Waals surface area contributed by atoms with E-state index >= 15 is 0 Å². The van der Waals surface area contributed by atoms with E-state index in [0.717, 1.165) is 17.2 Å². The summed E-state index contributed by atoms with van der Waals surface area (Å²) in [5.41, 5.74) is 1.73. The quantitative estimate of drug-likeness (QED) is 0.879. The highest BCUT2D eigenvalue weighted by molar-refractivity contribution is 7.13. The van der Waals surface area contributed by atoms with Crippen LogP contribution in [0.5, 0.6) is 0 Å². The smallest absolute Gasteiger partial charge is 0.183 e. The minimum absolute atomic E-state index is 0.178. The van der Waals surface area contributed by atoms with Crippen molar-refractivity contribution in [2.45, 2.75) is 19.9 Å². The summed E-state index contributed by atoms with van der Waals surface area (Å²) < 4.78 is 13.3. The molecule has 2 nitrogen and oxygen atoms in total. The Bertz CT molecular complexity index is 468. The summed E-state index contributed by atoms with van der Waals surface area (Å²) >= 11 is 1.55. The summed E-state index contributed by atoms with van der Waals surface area (Å²) in [6.07, 6.45) is 0.928. The van der Waals surface area contributed by atoms with Crippen molar-refractivity contribution in [3.8, 4) is 0 Å². The summed E-state index contributed by atoms with van der Waals surface area (Å²) in [4.78, 5) is 4.36. The van der Waals surface area contributed by atoms with Crippen LogP contribution in [0.15, 0.2) is 29.6 Å². The average Bonchev–Trinajstić information content (AvgIpc) is 2.76. The first kappa shape index (κ1) is 11.1. The fourth-order valence-electron chi connectivity index (χ4n) is 1.36. The van der Waals surface area contributed by atoms with Crippen LogP contribution in [0.25, 0.3) is 0 Å². The predicted octanol–water partition coefficient (Wildman–Crippen LogP) is 3.46. The molecule has 2 aromatic rings. The van der Waals surface area contributed by atoms with Crippen LogP contribution in [0.4, 0.5) is 9.52 Å². The third kappa shape index (κ3) is 2.58. The van der Waals surface area contributed by atoms with Crippen LogP contribution in [0.1, 0.15) is 18.2 Å². The van der Waals surface area contributed by atoms with Crippen molar-refractivity contribution in [1.82, 2.24) is 4.98 Å². The number of aromatic nitrogens is 1. The third-order valence-electron chi connectivity index (χ3n) is 2.30. The van der Waals surface area contributed by atoms with E-state index in [-0.39, 0.29) is 5.82 Å². The molecule has 16 heavy (non-hydrogen) atoms. The minimum atomic E-state index is -0.178. The van der Waals surface area contributed by atoms with Gasteiger partial charge in [-0.15, -0.1) is 11.3 Å². The van der Waals surface area contributed by atoms with Gasteiger partial charge in [0.15, 0.2) is 5.13 Å². The van der Waals surface area contributed by atoms with Crippen molar-refractivity contribution in [3.63, 3.8) is 0 Å². The van der Waals surface area contributed by atoms with Gasteiger partial charge < -0.3 is 5.32 Å². The molecular weight excluding hydrogens is 223 g/mol. The predicted molar refractivity (Wildman–Crippen MR) is 65.2 cm³/mol. The van der Waals surface area contributed by atoms with Crippen LogP contribution in [-0.4, -0.2) is 4.98 Å².